The minimum atomic E-state index is 0.215. The predicted molar refractivity (Wildman–Crippen MR) is 89.7 cm³/mol. The highest BCUT2D eigenvalue weighted by Gasteiger charge is 2.17. The van der Waals surface area contributed by atoms with Crippen molar-refractivity contribution in [3.05, 3.63) is 35.4 Å². The van der Waals surface area contributed by atoms with Crippen LogP contribution in [-0.4, -0.2) is 20.3 Å². The monoisotopic (exact) mass is 289 g/mol. The second kappa shape index (κ2) is 7.42. The molecule has 1 saturated carbocycles. The Balaban J connectivity index is 1.87. The van der Waals surface area contributed by atoms with Crippen molar-refractivity contribution >= 4 is 0 Å². The molecule has 0 bridgehead atoms. The van der Waals surface area contributed by atoms with Gasteiger partial charge in [-0.05, 0) is 42.3 Å². The molecule has 1 aliphatic carbocycles. The van der Waals surface area contributed by atoms with Gasteiger partial charge in [-0.1, -0.05) is 57.9 Å². The van der Waals surface area contributed by atoms with Crippen molar-refractivity contribution in [1.29, 1.82) is 0 Å². The summed E-state index contributed by atoms with van der Waals surface area (Å²) in [4.78, 5) is 0. The summed E-state index contributed by atoms with van der Waals surface area (Å²) < 4.78 is 5.96. The van der Waals surface area contributed by atoms with Crippen molar-refractivity contribution < 1.29 is 4.74 Å². The molecule has 2 nitrogen and oxygen atoms in total. The fourth-order valence-electron chi connectivity index (χ4n) is 3.09. The lowest BCUT2D eigenvalue weighted by Gasteiger charge is -2.22. The molecule has 0 aromatic heterocycles. The van der Waals surface area contributed by atoms with Gasteiger partial charge in [-0.2, -0.15) is 0 Å². The maximum absolute atomic E-state index is 5.96. The van der Waals surface area contributed by atoms with Gasteiger partial charge in [0, 0.05) is 6.61 Å². The predicted octanol–water partition coefficient (Wildman–Crippen LogP) is 4.45. The van der Waals surface area contributed by atoms with Crippen LogP contribution in [0.3, 0.4) is 0 Å². The Hall–Kier alpha value is -0.860. The van der Waals surface area contributed by atoms with Crippen LogP contribution in [0.2, 0.25) is 0 Å². The molecule has 1 N–H and O–H groups in total. The van der Waals surface area contributed by atoms with E-state index in [0.29, 0.717) is 6.04 Å². The van der Waals surface area contributed by atoms with E-state index in [9.17, 15) is 0 Å². The third-order valence-electron chi connectivity index (χ3n) is 4.64. The molecule has 1 unspecified atom stereocenters. The highest BCUT2D eigenvalue weighted by atomic mass is 16.5. The first kappa shape index (κ1) is 16.5. The summed E-state index contributed by atoms with van der Waals surface area (Å²) in [5, 5.41) is 3.38. The SMILES string of the molecule is CNC(COCC1CCCC1)c1ccc(C(C)(C)C)cc1. The summed E-state index contributed by atoms with van der Waals surface area (Å²) in [6.07, 6.45) is 5.48. The van der Waals surface area contributed by atoms with Gasteiger partial charge in [-0.3, -0.25) is 0 Å². The summed E-state index contributed by atoms with van der Waals surface area (Å²) >= 11 is 0. The molecule has 1 fully saturated rings. The van der Waals surface area contributed by atoms with E-state index in [-0.39, 0.29) is 5.41 Å². The van der Waals surface area contributed by atoms with E-state index < -0.39 is 0 Å². The van der Waals surface area contributed by atoms with Crippen molar-refractivity contribution in [2.75, 3.05) is 20.3 Å². The number of hydrogen-bond donors (Lipinski definition) is 1. The van der Waals surface area contributed by atoms with Crippen LogP contribution >= 0.6 is 0 Å². The molecule has 0 radical (unpaired) electrons. The number of benzene rings is 1. The van der Waals surface area contributed by atoms with E-state index in [0.717, 1.165) is 19.1 Å². The minimum absolute atomic E-state index is 0.215. The van der Waals surface area contributed by atoms with Gasteiger partial charge in [-0.25, -0.2) is 0 Å². The van der Waals surface area contributed by atoms with Gasteiger partial charge < -0.3 is 10.1 Å². The van der Waals surface area contributed by atoms with Gasteiger partial charge in [0.15, 0.2) is 0 Å². The second-order valence-corrected chi connectivity index (χ2v) is 7.40. The highest BCUT2D eigenvalue weighted by molar-refractivity contribution is 5.29. The van der Waals surface area contributed by atoms with E-state index in [1.165, 1.54) is 36.8 Å². The zero-order chi connectivity index (χ0) is 15.3. The lowest BCUT2D eigenvalue weighted by molar-refractivity contribution is 0.0844. The Labute approximate surface area is 130 Å². The number of hydrogen-bond acceptors (Lipinski definition) is 2. The zero-order valence-corrected chi connectivity index (χ0v) is 14.1. The molecule has 2 rings (SSSR count). The van der Waals surface area contributed by atoms with Crippen molar-refractivity contribution in [2.45, 2.75) is 57.9 Å². The molecule has 0 saturated heterocycles. The molecule has 1 aliphatic rings. The average molecular weight is 289 g/mol. The van der Waals surface area contributed by atoms with Crippen LogP contribution in [0.5, 0.6) is 0 Å². The Kier molecular flexibility index (Phi) is 5.83. The maximum Gasteiger partial charge on any atom is 0.0661 e. The lowest BCUT2D eigenvalue weighted by atomic mass is 9.86. The Morgan fingerprint density at radius 2 is 1.76 bits per heavy atom. The second-order valence-electron chi connectivity index (χ2n) is 7.40. The minimum Gasteiger partial charge on any atom is -0.379 e. The third-order valence-corrected chi connectivity index (χ3v) is 4.64. The smallest absolute Gasteiger partial charge is 0.0661 e. The topological polar surface area (TPSA) is 21.3 Å². The van der Waals surface area contributed by atoms with Gasteiger partial charge >= 0.3 is 0 Å². The Morgan fingerprint density at radius 3 is 2.29 bits per heavy atom. The van der Waals surface area contributed by atoms with Crippen LogP contribution in [-0.2, 0) is 10.2 Å². The summed E-state index contributed by atoms with van der Waals surface area (Å²) in [5.74, 6) is 0.797. The van der Waals surface area contributed by atoms with Gasteiger partial charge in [0.25, 0.3) is 0 Å². The molecule has 21 heavy (non-hydrogen) atoms. The van der Waals surface area contributed by atoms with Crippen LogP contribution < -0.4 is 5.32 Å². The summed E-state index contributed by atoms with van der Waals surface area (Å²) in [7, 11) is 2.02. The van der Waals surface area contributed by atoms with E-state index >= 15 is 0 Å². The van der Waals surface area contributed by atoms with Gasteiger partial charge in [0.2, 0.25) is 0 Å². The molecule has 118 valence electrons. The van der Waals surface area contributed by atoms with Gasteiger partial charge in [0.05, 0.1) is 12.6 Å². The summed E-state index contributed by atoms with van der Waals surface area (Å²) in [6, 6.07) is 9.26. The molecule has 0 aliphatic heterocycles. The van der Waals surface area contributed by atoms with Crippen molar-refractivity contribution in [3.8, 4) is 0 Å². The quantitative estimate of drug-likeness (QED) is 0.835. The molecule has 1 atom stereocenters. The van der Waals surface area contributed by atoms with Gasteiger partial charge in [-0.15, -0.1) is 0 Å². The Morgan fingerprint density at radius 1 is 1.14 bits per heavy atom. The lowest BCUT2D eigenvalue weighted by Crippen LogP contribution is -2.23. The maximum atomic E-state index is 5.96. The van der Waals surface area contributed by atoms with Crippen molar-refractivity contribution in [2.24, 2.45) is 5.92 Å². The normalized spacial score (nSPS) is 18.1. The van der Waals surface area contributed by atoms with Crippen LogP contribution in [0.1, 0.15) is 63.6 Å². The van der Waals surface area contributed by atoms with E-state index in [4.69, 9.17) is 4.74 Å². The highest BCUT2D eigenvalue weighted by Crippen LogP contribution is 2.26. The number of rotatable bonds is 6. The zero-order valence-electron chi connectivity index (χ0n) is 14.1. The van der Waals surface area contributed by atoms with Crippen molar-refractivity contribution in [3.63, 3.8) is 0 Å². The first-order valence-electron chi connectivity index (χ1n) is 8.36. The van der Waals surface area contributed by atoms with Gasteiger partial charge in [0.1, 0.15) is 0 Å². The largest absolute Gasteiger partial charge is 0.379 e. The van der Waals surface area contributed by atoms with Crippen LogP contribution in [0.15, 0.2) is 24.3 Å². The first-order valence-corrected chi connectivity index (χ1v) is 8.36. The summed E-state index contributed by atoms with van der Waals surface area (Å²) in [5.41, 5.74) is 2.91. The van der Waals surface area contributed by atoms with Crippen molar-refractivity contribution in [1.82, 2.24) is 5.32 Å². The van der Waals surface area contributed by atoms with Crippen LogP contribution in [0.4, 0.5) is 0 Å². The van der Waals surface area contributed by atoms with Crippen LogP contribution in [0.25, 0.3) is 0 Å². The fourth-order valence-corrected chi connectivity index (χ4v) is 3.09. The third kappa shape index (κ3) is 4.82. The summed E-state index contributed by atoms with van der Waals surface area (Å²) in [6.45, 7) is 8.45. The standard InChI is InChI=1S/C19H31NO/c1-19(2,3)17-11-9-16(10-12-17)18(20-4)14-21-13-15-7-5-6-8-15/h9-12,15,18,20H,5-8,13-14H2,1-4H3. The number of ether oxygens (including phenoxy) is 1. The van der Waals surface area contributed by atoms with Crippen LogP contribution in [0, 0.1) is 5.92 Å². The Bertz CT molecular complexity index is 412. The first-order chi connectivity index (χ1) is 10.0. The number of likely N-dealkylation sites (N-methyl/N-ethyl adjacent to an activating group) is 1. The van der Waals surface area contributed by atoms with E-state index in [1.807, 2.05) is 7.05 Å². The molecular formula is C19H31NO. The fraction of sp³-hybridized carbons (Fsp3) is 0.684. The molecule has 0 amide bonds. The molecule has 1 aromatic rings. The molecule has 0 spiro atoms. The van der Waals surface area contributed by atoms with E-state index in [1.54, 1.807) is 0 Å². The number of nitrogens with one attached hydrogen (secondary N) is 1. The molecular weight excluding hydrogens is 258 g/mol. The molecule has 1 aromatic carbocycles. The average Bonchev–Trinajstić information content (AvgIpc) is 2.96. The molecule has 2 heteroatoms. The molecule has 0 heterocycles. The van der Waals surface area contributed by atoms with E-state index in [2.05, 4.69) is 50.4 Å².